The SMILES string of the molecule is CCc1cc(O)c(C(=O)OC)c(=O)[nH]1. The van der Waals surface area contributed by atoms with Gasteiger partial charge in [-0.3, -0.25) is 4.79 Å². The standard InChI is InChI=1S/C9H11NO4/c1-3-5-4-6(11)7(8(12)10-5)9(13)14-2/h4H,3H2,1-2H3,(H2,10,11,12). The summed E-state index contributed by atoms with van der Waals surface area (Å²) in [6.07, 6.45) is 0.574. The Labute approximate surface area is 80.3 Å². The molecule has 1 aromatic heterocycles. The van der Waals surface area contributed by atoms with Gasteiger partial charge < -0.3 is 14.8 Å². The molecule has 0 aliphatic heterocycles. The van der Waals surface area contributed by atoms with E-state index in [1.165, 1.54) is 6.07 Å². The molecule has 1 rings (SSSR count). The second-order valence-corrected chi connectivity index (χ2v) is 2.73. The fraction of sp³-hybridized carbons (Fsp3) is 0.333. The van der Waals surface area contributed by atoms with Crippen molar-refractivity contribution in [1.82, 2.24) is 4.98 Å². The number of carbonyl (C=O) groups is 1. The Hall–Kier alpha value is -1.78. The van der Waals surface area contributed by atoms with E-state index in [1.807, 2.05) is 6.92 Å². The number of aromatic nitrogens is 1. The first kappa shape index (κ1) is 10.3. The smallest absolute Gasteiger partial charge is 0.347 e. The molecule has 0 aliphatic rings. The van der Waals surface area contributed by atoms with Crippen LogP contribution in [0.25, 0.3) is 0 Å². The second-order valence-electron chi connectivity index (χ2n) is 2.73. The zero-order chi connectivity index (χ0) is 10.7. The number of carbonyl (C=O) groups excluding carboxylic acids is 1. The molecule has 5 heteroatoms. The van der Waals surface area contributed by atoms with E-state index < -0.39 is 11.5 Å². The van der Waals surface area contributed by atoms with E-state index >= 15 is 0 Å². The fourth-order valence-electron chi connectivity index (χ4n) is 1.09. The number of hydrogen-bond donors (Lipinski definition) is 2. The van der Waals surface area contributed by atoms with Crippen molar-refractivity contribution < 1.29 is 14.6 Å². The first-order chi connectivity index (χ1) is 6.60. The second kappa shape index (κ2) is 3.95. The van der Waals surface area contributed by atoms with Gasteiger partial charge in [-0.05, 0) is 6.42 Å². The highest BCUT2D eigenvalue weighted by molar-refractivity contribution is 5.91. The molecule has 0 spiro atoms. The van der Waals surface area contributed by atoms with Crippen LogP contribution in [0.2, 0.25) is 0 Å². The van der Waals surface area contributed by atoms with Crippen LogP contribution in [-0.2, 0) is 11.2 Å². The quantitative estimate of drug-likeness (QED) is 0.674. The zero-order valence-corrected chi connectivity index (χ0v) is 7.96. The van der Waals surface area contributed by atoms with Gasteiger partial charge in [0.1, 0.15) is 5.75 Å². The maximum atomic E-state index is 11.3. The summed E-state index contributed by atoms with van der Waals surface area (Å²) < 4.78 is 4.35. The van der Waals surface area contributed by atoms with E-state index in [-0.39, 0.29) is 11.3 Å². The summed E-state index contributed by atoms with van der Waals surface area (Å²) in [5.74, 6) is -1.19. The van der Waals surface area contributed by atoms with Crippen molar-refractivity contribution in [3.63, 3.8) is 0 Å². The van der Waals surface area contributed by atoms with Gasteiger partial charge >= 0.3 is 5.97 Å². The maximum absolute atomic E-state index is 11.3. The van der Waals surface area contributed by atoms with Gasteiger partial charge in [-0.2, -0.15) is 0 Å². The number of H-pyrrole nitrogens is 1. The fourth-order valence-corrected chi connectivity index (χ4v) is 1.09. The summed E-state index contributed by atoms with van der Waals surface area (Å²) in [6.45, 7) is 1.82. The largest absolute Gasteiger partial charge is 0.507 e. The molecule has 1 aromatic rings. The Kier molecular flexibility index (Phi) is 2.91. The molecule has 14 heavy (non-hydrogen) atoms. The lowest BCUT2D eigenvalue weighted by molar-refractivity contribution is 0.0595. The summed E-state index contributed by atoms with van der Waals surface area (Å²) in [7, 11) is 1.15. The van der Waals surface area contributed by atoms with Gasteiger partial charge in [-0.25, -0.2) is 4.79 Å². The summed E-state index contributed by atoms with van der Waals surface area (Å²) in [4.78, 5) is 24.8. The van der Waals surface area contributed by atoms with Gasteiger partial charge in [0.25, 0.3) is 5.56 Å². The highest BCUT2D eigenvalue weighted by atomic mass is 16.5. The van der Waals surface area contributed by atoms with Crippen molar-refractivity contribution in [3.05, 3.63) is 27.7 Å². The number of aryl methyl sites for hydroxylation is 1. The van der Waals surface area contributed by atoms with Crippen molar-refractivity contribution in [3.8, 4) is 5.75 Å². The lowest BCUT2D eigenvalue weighted by Gasteiger charge is -2.03. The molecule has 0 unspecified atom stereocenters. The zero-order valence-electron chi connectivity index (χ0n) is 7.96. The first-order valence-electron chi connectivity index (χ1n) is 4.13. The van der Waals surface area contributed by atoms with E-state index in [1.54, 1.807) is 0 Å². The van der Waals surface area contributed by atoms with Gasteiger partial charge in [0.15, 0.2) is 5.56 Å². The molecular formula is C9H11NO4. The Morgan fingerprint density at radius 3 is 2.71 bits per heavy atom. The number of aromatic amines is 1. The van der Waals surface area contributed by atoms with Crippen LogP contribution in [0.5, 0.6) is 5.75 Å². The van der Waals surface area contributed by atoms with Gasteiger partial charge in [0.2, 0.25) is 0 Å². The number of aromatic hydroxyl groups is 1. The van der Waals surface area contributed by atoms with Crippen LogP contribution in [0.3, 0.4) is 0 Å². The monoisotopic (exact) mass is 197 g/mol. The third-order valence-corrected chi connectivity index (χ3v) is 1.84. The number of nitrogens with one attached hydrogen (secondary N) is 1. The Balaban J connectivity index is 3.33. The van der Waals surface area contributed by atoms with Crippen molar-refractivity contribution in [2.75, 3.05) is 7.11 Å². The van der Waals surface area contributed by atoms with Gasteiger partial charge in [0.05, 0.1) is 7.11 Å². The van der Waals surface area contributed by atoms with E-state index in [0.29, 0.717) is 12.1 Å². The maximum Gasteiger partial charge on any atom is 0.347 e. The van der Waals surface area contributed by atoms with Gasteiger partial charge in [-0.1, -0.05) is 6.92 Å². The first-order valence-corrected chi connectivity index (χ1v) is 4.13. The normalized spacial score (nSPS) is 9.86. The topological polar surface area (TPSA) is 79.4 Å². The molecule has 76 valence electrons. The molecule has 0 saturated heterocycles. The van der Waals surface area contributed by atoms with Crippen LogP contribution in [-0.4, -0.2) is 23.2 Å². The number of hydrogen-bond acceptors (Lipinski definition) is 4. The van der Waals surface area contributed by atoms with Crippen molar-refractivity contribution in [2.45, 2.75) is 13.3 Å². The predicted molar refractivity (Wildman–Crippen MR) is 49.4 cm³/mol. The minimum absolute atomic E-state index is 0.350. The van der Waals surface area contributed by atoms with Gasteiger partial charge in [-0.15, -0.1) is 0 Å². The summed E-state index contributed by atoms with van der Waals surface area (Å²) >= 11 is 0. The average Bonchev–Trinajstić information content (AvgIpc) is 2.16. The van der Waals surface area contributed by atoms with E-state index in [4.69, 9.17) is 0 Å². The molecule has 5 nitrogen and oxygen atoms in total. The average molecular weight is 197 g/mol. The number of methoxy groups -OCH3 is 1. The van der Waals surface area contributed by atoms with Crippen LogP contribution in [0.1, 0.15) is 23.0 Å². The molecular weight excluding hydrogens is 186 g/mol. The van der Waals surface area contributed by atoms with Crippen LogP contribution in [0.4, 0.5) is 0 Å². The lowest BCUT2D eigenvalue weighted by atomic mass is 10.2. The lowest BCUT2D eigenvalue weighted by Crippen LogP contribution is -2.20. The summed E-state index contributed by atoms with van der Waals surface area (Å²) in [5, 5.41) is 9.38. The molecule has 0 aromatic carbocycles. The molecule has 2 N–H and O–H groups in total. The van der Waals surface area contributed by atoms with Gasteiger partial charge in [0, 0.05) is 11.8 Å². The molecule has 0 saturated carbocycles. The Bertz CT molecular complexity index is 408. The third-order valence-electron chi connectivity index (χ3n) is 1.84. The highest BCUT2D eigenvalue weighted by Gasteiger charge is 2.16. The van der Waals surface area contributed by atoms with Crippen molar-refractivity contribution >= 4 is 5.97 Å². The molecule has 1 heterocycles. The third kappa shape index (κ3) is 1.76. The predicted octanol–water partition coefficient (Wildman–Crippen LogP) is 0.429. The van der Waals surface area contributed by atoms with Crippen molar-refractivity contribution in [1.29, 1.82) is 0 Å². The number of ether oxygens (including phenoxy) is 1. The van der Waals surface area contributed by atoms with Crippen LogP contribution < -0.4 is 5.56 Å². The highest BCUT2D eigenvalue weighted by Crippen LogP contribution is 2.14. The molecule has 0 amide bonds. The minimum Gasteiger partial charge on any atom is -0.507 e. The number of esters is 1. The molecule has 0 bridgehead atoms. The number of pyridine rings is 1. The molecule has 0 atom stereocenters. The van der Waals surface area contributed by atoms with E-state index in [2.05, 4.69) is 9.72 Å². The molecule has 0 aliphatic carbocycles. The van der Waals surface area contributed by atoms with Crippen LogP contribution in [0.15, 0.2) is 10.9 Å². The summed E-state index contributed by atoms with van der Waals surface area (Å²) in [6, 6.07) is 1.34. The Morgan fingerprint density at radius 1 is 1.64 bits per heavy atom. The van der Waals surface area contributed by atoms with Crippen LogP contribution in [0, 0.1) is 0 Å². The molecule has 0 fully saturated rings. The minimum atomic E-state index is -0.841. The number of rotatable bonds is 2. The van der Waals surface area contributed by atoms with Crippen molar-refractivity contribution in [2.24, 2.45) is 0 Å². The summed E-state index contributed by atoms with van der Waals surface area (Å²) in [5.41, 5.74) is -0.418. The Morgan fingerprint density at radius 2 is 2.29 bits per heavy atom. The van der Waals surface area contributed by atoms with Crippen LogP contribution >= 0.6 is 0 Å². The van der Waals surface area contributed by atoms with E-state index in [9.17, 15) is 14.7 Å². The van der Waals surface area contributed by atoms with E-state index in [0.717, 1.165) is 7.11 Å². The molecule has 0 radical (unpaired) electrons.